The molecule has 0 spiro atoms. The number of benzene rings is 1. The fourth-order valence-corrected chi connectivity index (χ4v) is 1.20. The maximum atomic E-state index is 10.6. The molecule has 88 valence electrons. The maximum Gasteiger partial charge on any atom is 0.271 e. The molecule has 4 nitrogen and oxygen atoms in total. The van der Waals surface area contributed by atoms with E-state index in [1.807, 2.05) is 6.07 Å². The van der Waals surface area contributed by atoms with E-state index in [1.54, 1.807) is 12.1 Å². The Morgan fingerprint density at radius 1 is 1.44 bits per heavy atom. The van der Waals surface area contributed by atoms with Crippen LogP contribution in [0, 0.1) is 15.5 Å². The van der Waals surface area contributed by atoms with Gasteiger partial charge in [-0.2, -0.15) is 0 Å². The summed E-state index contributed by atoms with van der Waals surface area (Å²) in [5, 5.41) is 13.8. The van der Waals surface area contributed by atoms with E-state index in [-0.39, 0.29) is 16.0 Å². The van der Waals surface area contributed by atoms with Crippen molar-refractivity contribution in [2.75, 3.05) is 11.9 Å². The molecule has 0 saturated carbocycles. The lowest BCUT2D eigenvalue weighted by molar-refractivity contribution is -0.384. The van der Waals surface area contributed by atoms with Crippen LogP contribution in [-0.2, 0) is 0 Å². The molecular formula is C12H18N2O2. The molecule has 0 saturated heterocycles. The average Bonchev–Trinajstić information content (AvgIpc) is 2.27. The van der Waals surface area contributed by atoms with E-state index < -0.39 is 0 Å². The Kier molecular flexibility index (Phi) is 3.88. The van der Waals surface area contributed by atoms with Crippen LogP contribution in [0.15, 0.2) is 24.3 Å². The summed E-state index contributed by atoms with van der Waals surface area (Å²) in [5.41, 5.74) is 1.12. The third-order valence-corrected chi connectivity index (χ3v) is 2.79. The second kappa shape index (κ2) is 4.96. The van der Waals surface area contributed by atoms with Crippen molar-refractivity contribution in [2.45, 2.75) is 27.2 Å². The maximum absolute atomic E-state index is 10.6. The van der Waals surface area contributed by atoms with Crippen molar-refractivity contribution in [1.82, 2.24) is 0 Å². The molecule has 0 aliphatic rings. The number of hydrogen-bond acceptors (Lipinski definition) is 3. The van der Waals surface area contributed by atoms with E-state index in [9.17, 15) is 10.1 Å². The minimum atomic E-state index is -0.379. The van der Waals surface area contributed by atoms with Crippen LogP contribution in [0.25, 0.3) is 0 Å². The van der Waals surface area contributed by atoms with Crippen molar-refractivity contribution in [3.05, 3.63) is 34.4 Å². The quantitative estimate of drug-likeness (QED) is 0.613. The van der Waals surface area contributed by atoms with E-state index in [0.717, 1.165) is 18.7 Å². The highest BCUT2D eigenvalue weighted by Gasteiger charge is 2.14. The fraction of sp³-hybridized carbons (Fsp3) is 0.500. The number of nitro groups is 1. The van der Waals surface area contributed by atoms with Gasteiger partial charge < -0.3 is 5.32 Å². The third kappa shape index (κ3) is 3.53. The lowest BCUT2D eigenvalue weighted by Gasteiger charge is -2.23. The molecule has 0 heterocycles. The zero-order valence-electron chi connectivity index (χ0n) is 9.99. The van der Waals surface area contributed by atoms with Crippen LogP contribution in [-0.4, -0.2) is 11.5 Å². The first-order valence-electron chi connectivity index (χ1n) is 5.43. The Bertz CT molecular complexity index is 375. The van der Waals surface area contributed by atoms with Crippen LogP contribution in [0.2, 0.25) is 0 Å². The number of nitro benzene ring substituents is 1. The molecule has 16 heavy (non-hydrogen) atoms. The molecule has 1 N–H and O–H groups in total. The van der Waals surface area contributed by atoms with Crippen molar-refractivity contribution >= 4 is 11.4 Å². The van der Waals surface area contributed by atoms with E-state index >= 15 is 0 Å². The molecule has 0 atom stereocenters. The van der Waals surface area contributed by atoms with Crippen LogP contribution < -0.4 is 5.32 Å². The second-order valence-electron chi connectivity index (χ2n) is 4.68. The third-order valence-electron chi connectivity index (χ3n) is 2.79. The van der Waals surface area contributed by atoms with Gasteiger partial charge in [-0.15, -0.1) is 0 Å². The summed E-state index contributed by atoms with van der Waals surface area (Å²) in [5.74, 6) is 0. The van der Waals surface area contributed by atoms with Gasteiger partial charge in [-0.25, -0.2) is 0 Å². The van der Waals surface area contributed by atoms with Gasteiger partial charge in [0.25, 0.3) is 5.69 Å². The number of hydrogen-bond donors (Lipinski definition) is 1. The fourth-order valence-electron chi connectivity index (χ4n) is 1.20. The van der Waals surface area contributed by atoms with Crippen molar-refractivity contribution < 1.29 is 4.92 Å². The Morgan fingerprint density at radius 2 is 2.12 bits per heavy atom. The first kappa shape index (κ1) is 12.5. The van der Waals surface area contributed by atoms with Crippen molar-refractivity contribution in [3.63, 3.8) is 0 Å². The highest BCUT2D eigenvalue weighted by Crippen LogP contribution is 2.22. The molecule has 0 radical (unpaired) electrons. The Hall–Kier alpha value is -1.58. The van der Waals surface area contributed by atoms with Crippen molar-refractivity contribution in [1.29, 1.82) is 0 Å². The molecular weight excluding hydrogens is 204 g/mol. The number of rotatable bonds is 5. The highest BCUT2D eigenvalue weighted by molar-refractivity contribution is 5.50. The molecule has 0 aliphatic carbocycles. The van der Waals surface area contributed by atoms with Crippen LogP contribution >= 0.6 is 0 Å². The van der Waals surface area contributed by atoms with E-state index in [1.165, 1.54) is 6.07 Å². The van der Waals surface area contributed by atoms with Gasteiger partial charge in [0.2, 0.25) is 0 Å². The molecule has 0 aromatic heterocycles. The number of nitrogens with zero attached hydrogens (tertiary/aromatic N) is 1. The summed E-state index contributed by atoms with van der Waals surface area (Å²) in [6, 6.07) is 6.60. The summed E-state index contributed by atoms with van der Waals surface area (Å²) in [4.78, 5) is 10.2. The van der Waals surface area contributed by atoms with Crippen LogP contribution in [0.3, 0.4) is 0 Å². The van der Waals surface area contributed by atoms with Gasteiger partial charge in [-0.3, -0.25) is 10.1 Å². The summed E-state index contributed by atoms with van der Waals surface area (Å²) in [7, 11) is 0. The van der Waals surface area contributed by atoms with Crippen LogP contribution in [0.4, 0.5) is 11.4 Å². The Labute approximate surface area is 95.8 Å². The molecule has 0 fully saturated rings. The van der Waals surface area contributed by atoms with E-state index in [0.29, 0.717) is 0 Å². The lowest BCUT2D eigenvalue weighted by atomic mass is 9.90. The van der Waals surface area contributed by atoms with Gasteiger partial charge >= 0.3 is 0 Å². The van der Waals surface area contributed by atoms with Gasteiger partial charge in [0.05, 0.1) is 4.92 Å². The largest absolute Gasteiger partial charge is 0.384 e. The number of nitrogens with one attached hydrogen (secondary N) is 1. The van der Waals surface area contributed by atoms with Crippen LogP contribution in [0.1, 0.15) is 27.2 Å². The van der Waals surface area contributed by atoms with Gasteiger partial charge in [-0.1, -0.05) is 26.8 Å². The minimum Gasteiger partial charge on any atom is -0.384 e. The SMILES string of the molecule is CCC(C)(C)CNc1cccc([N+](=O)[O-])c1. The molecule has 1 aromatic rings. The number of anilines is 1. The molecule has 0 amide bonds. The van der Waals surface area contributed by atoms with Gasteiger partial charge in [-0.05, 0) is 17.9 Å². The molecule has 0 unspecified atom stereocenters. The van der Waals surface area contributed by atoms with Crippen molar-refractivity contribution in [2.24, 2.45) is 5.41 Å². The second-order valence-corrected chi connectivity index (χ2v) is 4.68. The zero-order chi connectivity index (χ0) is 12.2. The first-order chi connectivity index (χ1) is 7.44. The predicted molar refractivity (Wildman–Crippen MR) is 65.7 cm³/mol. The molecule has 1 aromatic carbocycles. The molecule has 1 rings (SSSR count). The Balaban J connectivity index is 2.68. The zero-order valence-corrected chi connectivity index (χ0v) is 9.99. The predicted octanol–water partition coefficient (Wildman–Crippen LogP) is 3.44. The van der Waals surface area contributed by atoms with Gasteiger partial charge in [0, 0.05) is 24.4 Å². The molecule has 4 heteroatoms. The Morgan fingerprint density at radius 3 is 2.69 bits per heavy atom. The standard InChI is InChI=1S/C12H18N2O2/c1-4-12(2,3)9-13-10-6-5-7-11(8-10)14(15)16/h5-8,13H,4,9H2,1-3H3. The van der Waals surface area contributed by atoms with Crippen molar-refractivity contribution in [3.8, 4) is 0 Å². The summed E-state index contributed by atoms with van der Waals surface area (Å²) in [6.07, 6.45) is 1.06. The topological polar surface area (TPSA) is 55.2 Å². The molecule has 0 aliphatic heterocycles. The lowest BCUT2D eigenvalue weighted by Crippen LogP contribution is -2.21. The highest BCUT2D eigenvalue weighted by atomic mass is 16.6. The molecule has 0 bridgehead atoms. The summed E-state index contributed by atoms with van der Waals surface area (Å²) in [6.45, 7) is 7.27. The minimum absolute atomic E-state index is 0.124. The number of non-ortho nitro benzene ring substituents is 1. The van der Waals surface area contributed by atoms with E-state index in [2.05, 4.69) is 26.1 Å². The summed E-state index contributed by atoms with van der Waals surface area (Å²) >= 11 is 0. The normalized spacial score (nSPS) is 11.2. The first-order valence-corrected chi connectivity index (χ1v) is 5.43. The smallest absolute Gasteiger partial charge is 0.271 e. The summed E-state index contributed by atoms with van der Waals surface area (Å²) < 4.78 is 0. The van der Waals surface area contributed by atoms with Gasteiger partial charge in [0.1, 0.15) is 0 Å². The van der Waals surface area contributed by atoms with Gasteiger partial charge in [0.15, 0.2) is 0 Å². The van der Waals surface area contributed by atoms with E-state index in [4.69, 9.17) is 0 Å². The monoisotopic (exact) mass is 222 g/mol. The van der Waals surface area contributed by atoms with Crippen LogP contribution in [0.5, 0.6) is 0 Å². The average molecular weight is 222 g/mol.